The smallest absolute Gasteiger partial charge is 0.420 e. The summed E-state index contributed by atoms with van der Waals surface area (Å²) in [5, 5.41) is 0. The molecule has 0 spiro atoms. The Morgan fingerprint density at radius 1 is 1.42 bits per heavy atom. The Bertz CT molecular complexity index is 611. The van der Waals surface area contributed by atoms with Gasteiger partial charge >= 0.3 is 6.09 Å². The third kappa shape index (κ3) is 2.97. The summed E-state index contributed by atoms with van der Waals surface area (Å²) in [6.45, 7) is 7.56. The predicted molar refractivity (Wildman–Crippen MR) is 78.7 cm³/mol. The maximum atomic E-state index is 12.1. The molecule has 0 bridgehead atoms. The topological polar surface area (TPSA) is 44.1 Å². The lowest BCUT2D eigenvalue weighted by Gasteiger charge is -2.19. The molecule has 1 unspecified atom stereocenters. The first-order valence-corrected chi connectivity index (χ1v) is 7.04. The highest BCUT2D eigenvalue weighted by Crippen LogP contribution is 2.28. The van der Waals surface area contributed by atoms with Gasteiger partial charge in [0.1, 0.15) is 11.9 Å². The molecule has 0 N–H and O–H groups in total. The van der Waals surface area contributed by atoms with Gasteiger partial charge in [0.05, 0.1) is 11.0 Å². The Morgan fingerprint density at radius 2 is 2.11 bits per heavy atom. The summed E-state index contributed by atoms with van der Waals surface area (Å²) in [4.78, 5) is 16.6. The van der Waals surface area contributed by atoms with E-state index in [1.54, 1.807) is 0 Å². The van der Waals surface area contributed by atoms with Crippen molar-refractivity contribution in [2.45, 2.75) is 38.1 Å². The summed E-state index contributed by atoms with van der Waals surface area (Å²) in [6, 6.07) is 5.78. The number of rotatable bonds is 1. The first kappa shape index (κ1) is 14.1. The Hall–Kier alpha value is -1.36. The van der Waals surface area contributed by atoms with Crippen LogP contribution in [0.3, 0.4) is 0 Å². The fraction of sp³-hybridized carbons (Fsp3) is 0.429. The lowest BCUT2D eigenvalue weighted by atomic mass is 10.1. The molecule has 2 rings (SSSR count). The fourth-order valence-electron chi connectivity index (χ4n) is 1.84. The van der Waals surface area contributed by atoms with Crippen molar-refractivity contribution in [3.8, 4) is 0 Å². The van der Waals surface area contributed by atoms with E-state index in [-0.39, 0.29) is 4.83 Å². The number of aromatic nitrogens is 2. The Kier molecular flexibility index (Phi) is 3.67. The van der Waals surface area contributed by atoms with Crippen LogP contribution in [0.5, 0.6) is 0 Å². The Morgan fingerprint density at radius 3 is 2.68 bits per heavy atom. The zero-order valence-electron chi connectivity index (χ0n) is 11.5. The minimum Gasteiger partial charge on any atom is -0.443 e. The summed E-state index contributed by atoms with van der Waals surface area (Å²) in [7, 11) is 0. The van der Waals surface area contributed by atoms with E-state index in [0.29, 0.717) is 0 Å². The van der Waals surface area contributed by atoms with Gasteiger partial charge in [-0.1, -0.05) is 28.1 Å². The van der Waals surface area contributed by atoms with Gasteiger partial charge in [-0.25, -0.2) is 14.3 Å². The number of carbonyl (C=O) groups excluding carboxylic acids is 1. The van der Waals surface area contributed by atoms with E-state index >= 15 is 0 Å². The van der Waals surface area contributed by atoms with Crippen LogP contribution < -0.4 is 0 Å². The monoisotopic (exact) mass is 324 g/mol. The molecule has 1 aromatic heterocycles. The fourth-order valence-corrected chi connectivity index (χ4v) is 2.21. The normalized spacial score (nSPS) is 13.5. The van der Waals surface area contributed by atoms with E-state index in [1.165, 1.54) is 10.9 Å². The Labute approximate surface area is 120 Å². The number of benzene rings is 1. The molecule has 19 heavy (non-hydrogen) atoms. The van der Waals surface area contributed by atoms with Gasteiger partial charge < -0.3 is 4.74 Å². The highest BCUT2D eigenvalue weighted by molar-refractivity contribution is 9.09. The summed E-state index contributed by atoms with van der Waals surface area (Å²) >= 11 is 3.53. The number of alkyl halides is 1. The number of para-hydroxylation sites is 1. The number of carbonyl (C=O) groups is 1. The second-order valence-electron chi connectivity index (χ2n) is 5.43. The zero-order chi connectivity index (χ0) is 14.2. The van der Waals surface area contributed by atoms with Gasteiger partial charge in [0.25, 0.3) is 0 Å². The van der Waals surface area contributed by atoms with Crippen LogP contribution in [0.4, 0.5) is 4.79 Å². The molecule has 0 aliphatic heterocycles. The maximum Gasteiger partial charge on any atom is 0.420 e. The number of ether oxygens (including phenoxy) is 1. The molecule has 1 aromatic carbocycles. The van der Waals surface area contributed by atoms with Gasteiger partial charge in [-0.05, 0) is 39.3 Å². The molecule has 102 valence electrons. The predicted octanol–water partition coefficient (Wildman–Crippen LogP) is 4.28. The van der Waals surface area contributed by atoms with Crippen molar-refractivity contribution in [1.82, 2.24) is 9.55 Å². The van der Waals surface area contributed by atoms with Crippen molar-refractivity contribution < 1.29 is 9.53 Å². The third-order valence-electron chi connectivity index (χ3n) is 2.63. The number of hydrogen-bond donors (Lipinski definition) is 0. The van der Waals surface area contributed by atoms with Crippen LogP contribution in [0.25, 0.3) is 11.0 Å². The van der Waals surface area contributed by atoms with Gasteiger partial charge in [-0.2, -0.15) is 0 Å². The quantitative estimate of drug-likeness (QED) is 0.735. The molecule has 0 saturated carbocycles. The molecule has 0 aliphatic rings. The van der Waals surface area contributed by atoms with Gasteiger partial charge in [-0.15, -0.1) is 0 Å². The molecule has 0 aliphatic carbocycles. The molecule has 0 fully saturated rings. The van der Waals surface area contributed by atoms with Crippen molar-refractivity contribution in [2.24, 2.45) is 0 Å². The molecule has 0 amide bonds. The second-order valence-corrected chi connectivity index (χ2v) is 6.80. The van der Waals surface area contributed by atoms with Crippen LogP contribution in [0.1, 0.15) is 38.1 Å². The molecular weight excluding hydrogens is 308 g/mol. The van der Waals surface area contributed by atoms with Crippen molar-refractivity contribution in [3.05, 3.63) is 30.1 Å². The Balaban J connectivity index is 2.47. The second kappa shape index (κ2) is 4.96. The van der Waals surface area contributed by atoms with Gasteiger partial charge in [0, 0.05) is 4.83 Å². The third-order valence-corrected chi connectivity index (χ3v) is 3.12. The highest BCUT2D eigenvalue weighted by Gasteiger charge is 2.20. The number of halogens is 1. The van der Waals surface area contributed by atoms with Crippen LogP contribution in [0, 0.1) is 0 Å². The maximum absolute atomic E-state index is 12.1. The van der Waals surface area contributed by atoms with Gasteiger partial charge in [0.2, 0.25) is 0 Å². The lowest BCUT2D eigenvalue weighted by molar-refractivity contribution is 0.0543. The molecule has 1 atom stereocenters. The molecule has 2 aromatic rings. The van der Waals surface area contributed by atoms with Crippen molar-refractivity contribution in [1.29, 1.82) is 0 Å². The van der Waals surface area contributed by atoms with E-state index < -0.39 is 11.7 Å². The van der Waals surface area contributed by atoms with E-state index in [1.807, 2.05) is 45.9 Å². The summed E-state index contributed by atoms with van der Waals surface area (Å²) < 4.78 is 6.81. The summed E-state index contributed by atoms with van der Waals surface area (Å²) in [5.41, 5.74) is 2.11. The SMILES string of the molecule is CC(Br)c1cccc2c1ncn2C(=O)OC(C)(C)C. The first-order chi connectivity index (χ1) is 8.79. The van der Waals surface area contributed by atoms with Crippen molar-refractivity contribution in [3.63, 3.8) is 0 Å². The standard InChI is InChI=1S/C14H17BrN2O2/c1-9(15)10-6-5-7-11-12(10)16-8-17(11)13(18)19-14(2,3)4/h5-9H,1-4H3. The highest BCUT2D eigenvalue weighted by atomic mass is 79.9. The molecule has 1 heterocycles. The lowest BCUT2D eigenvalue weighted by Crippen LogP contribution is -2.26. The number of imidazole rings is 1. The van der Waals surface area contributed by atoms with Crippen molar-refractivity contribution >= 4 is 33.1 Å². The first-order valence-electron chi connectivity index (χ1n) is 6.13. The van der Waals surface area contributed by atoms with E-state index in [4.69, 9.17) is 4.74 Å². The average Bonchev–Trinajstić information content (AvgIpc) is 2.69. The van der Waals surface area contributed by atoms with E-state index in [9.17, 15) is 4.79 Å². The van der Waals surface area contributed by atoms with Crippen molar-refractivity contribution in [2.75, 3.05) is 0 Å². The summed E-state index contributed by atoms with van der Waals surface area (Å²) in [6.07, 6.45) is 1.10. The van der Waals surface area contributed by atoms with Gasteiger partial charge in [-0.3, -0.25) is 0 Å². The molecular formula is C14H17BrN2O2. The van der Waals surface area contributed by atoms with Crippen LogP contribution >= 0.6 is 15.9 Å². The zero-order valence-corrected chi connectivity index (χ0v) is 13.1. The molecule has 4 nitrogen and oxygen atoms in total. The minimum absolute atomic E-state index is 0.179. The molecule has 0 radical (unpaired) electrons. The number of hydrogen-bond acceptors (Lipinski definition) is 3. The average molecular weight is 325 g/mol. The molecule has 5 heteroatoms. The molecule has 0 saturated heterocycles. The number of nitrogens with zero attached hydrogens (tertiary/aromatic N) is 2. The largest absolute Gasteiger partial charge is 0.443 e. The number of fused-ring (bicyclic) bond motifs is 1. The van der Waals surface area contributed by atoms with Crippen LogP contribution in [0.2, 0.25) is 0 Å². The van der Waals surface area contributed by atoms with Gasteiger partial charge in [0.15, 0.2) is 0 Å². The van der Waals surface area contributed by atoms with Crippen LogP contribution in [-0.2, 0) is 4.74 Å². The van der Waals surface area contributed by atoms with E-state index in [2.05, 4.69) is 20.9 Å². The summed E-state index contributed by atoms with van der Waals surface area (Å²) in [5.74, 6) is 0. The van der Waals surface area contributed by atoms with E-state index in [0.717, 1.165) is 16.6 Å². The minimum atomic E-state index is -0.520. The van der Waals surface area contributed by atoms with Crippen LogP contribution in [0.15, 0.2) is 24.5 Å². The van der Waals surface area contributed by atoms with Crippen LogP contribution in [-0.4, -0.2) is 21.2 Å².